The summed E-state index contributed by atoms with van der Waals surface area (Å²) in [4.78, 5) is 11.2. The molecule has 1 aromatic rings. The maximum atomic E-state index is 11.5. The summed E-state index contributed by atoms with van der Waals surface area (Å²) in [5.41, 5.74) is 0. The molecule has 0 saturated carbocycles. The van der Waals surface area contributed by atoms with Gasteiger partial charge in [-0.05, 0) is 18.1 Å². The second-order valence-electron chi connectivity index (χ2n) is 4.72. The van der Waals surface area contributed by atoms with Crippen LogP contribution in [-0.2, 0) is 14.8 Å². The van der Waals surface area contributed by atoms with Crippen LogP contribution in [0, 0.1) is 5.92 Å². The number of carbonyl (C=O) groups is 1. The molecule has 0 aliphatic heterocycles. The van der Waals surface area contributed by atoms with E-state index >= 15 is 0 Å². The largest absolute Gasteiger partial charge is 0.482 e. The van der Waals surface area contributed by atoms with E-state index in [0.717, 1.165) is 0 Å². The fourth-order valence-electron chi connectivity index (χ4n) is 1.36. The summed E-state index contributed by atoms with van der Waals surface area (Å²) in [6.45, 7) is 4.20. The second-order valence-corrected chi connectivity index (χ2v) is 7.01. The van der Waals surface area contributed by atoms with Gasteiger partial charge in [0.1, 0.15) is 15.7 Å². The third-order valence-electron chi connectivity index (χ3n) is 2.38. The molecule has 0 aromatic heterocycles. The van der Waals surface area contributed by atoms with Crippen LogP contribution < -0.4 is 15.2 Å². The molecular weight excluding hydrogens is 339 g/mol. The first-order chi connectivity index (χ1) is 9.62. The van der Waals surface area contributed by atoms with E-state index in [1.54, 1.807) is 0 Å². The van der Waals surface area contributed by atoms with Crippen LogP contribution in [0.4, 0.5) is 0 Å². The molecule has 0 aliphatic carbocycles. The molecule has 0 atom stereocenters. The zero-order valence-corrected chi connectivity index (χ0v) is 13.8. The summed E-state index contributed by atoms with van der Waals surface area (Å²) >= 11 is 11.7. The summed E-state index contributed by atoms with van der Waals surface area (Å²) in [7, 11) is -3.97. The van der Waals surface area contributed by atoms with E-state index in [-0.39, 0.29) is 33.2 Å². The Morgan fingerprint density at radius 2 is 1.95 bits per heavy atom. The third-order valence-corrected chi connectivity index (χ3v) is 4.31. The van der Waals surface area contributed by atoms with Crippen LogP contribution in [0.3, 0.4) is 0 Å². The van der Waals surface area contributed by atoms with Gasteiger partial charge in [-0.3, -0.25) is 4.79 Å². The Hall–Kier alpha value is -1.02. The molecule has 1 rings (SSSR count). The fourth-order valence-corrected chi connectivity index (χ4v) is 2.72. The highest BCUT2D eigenvalue weighted by molar-refractivity contribution is 7.89. The van der Waals surface area contributed by atoms with Gasteiger partial charge in [0.25, 0.3) is 5.91 Å². The van der Waals surface area contributed by atoms with Gasteiger partial charge in [-0.2, -0.15) is 0 Å². The maximum absolute atomic E-state index is 11.5. The van der Waals surface area contributed by atoms with Gasteiger partial charge in [-0.15, -0.1) is 0 Å². The zero-order valence-electron chi connectivity index (χ0n) is 11.5. The average molecular weight is 355 g/mol. The van der Waals surface area contributed by atoms with Crippen molar-refractivity contribution in [2.75, 3.05) is 13.2 Å². The Labute approximate surface area is 133 Å². The van der Waals surface area contributed by atoms with Crippen molar-refractivity contribution in [1.29, 1.82) is 0 Å². The summed E-state index contributed by atoms with van der Waals surface area (Å²) in [5, 5.41) is 7.31. The number of benzene rings is 1. The summed E-state index contributed by atoms with van der Waals surface area (Å²) < 4.78 is 27.7. The van der Waals surface area contributed by atoms with Crippen LogP contribution in [-0.4, -0.2) is 27.5 Å². The molecule has 0 radical (unpaired) electrons. The van der Waals surface area contributed by atoms with Gasteiger partial charge >= 0.3 is 0 Å². The molecule has 0 spiro atoms. The number of primary sulfonamides is 1. The van der Waals surface area contributed by atoms with Gasteiger partial charge in [0, 0.05) is 6.54 Å². The van der Waals surface area contributed by atoms with E-state index in [0.29, 0.717) is 12.5 Å². The lowest BCUT2D eigenvalue weighted by Gasteiger charge is -2.12. The molecule has 9 heteroatoms. The first-order valence-corrected chi connectivity index (χ1v) is 8.33. The van der Waals surface area contributed by atoms with E-state index in [9.17, 15) is 13.2 Å². The van der Waals surface area contributed by atoms with Crippen LogP contribution >= 0.6 is 23.2 Å². The molecular formula is C12H16Cl2N2O4S. The van der Waals surface area contributed by atoms with E-state index < -0.39 is 10.0 Å². The second kappa shape index (κ2) is 7.31. The molecule has 118 valence electrons. The van der Waals surface area contributed by atoms with E-state index in [2.05, 4.69) is 5.32 Å². The molecule has 0 unspecified atom stereocenters. The van der Waals surface area contributed by atoms with E-state index in [4.69, 9.17) is 33.1 Å². The van der Waals surface area contributed by atoms with Crippen molar-refractivity contribution in [2.24, 2.45) is 11.1 Å². The average Bonchev–Trinajstić information content (AvgIpc) is 2.36. The molecule has 6 nitrogen and oxygen atoms in total. The number of nitrogens with two attached hydrogens (primary N) is 1. The number of carbonyl (C=O) groups excluding carboxylic acids is 1. The lowest BCUT2D eigenvalue weighted by molar-refractivity contribution is -0.123. The monoisotopic (exact) mass is 354 g/mol. The predicted molar refractivity (Wildman–Crippen MR) is 81.2 cm³/mol. The van der Waals surface area contributed by atoms with Crippen LogP contribution in [0.15, 0.2) is 17.0 Å². The van der Waals surface area contributed by atoms with Gasteiger partial charge in [-0.25, -0.2) is 13.6 Å². The quantitative estimate of drug-likeness (QED) is 0.813. The van der Waals surface area contributed by atoms with Gasteiger partial charge < -0.3 is 10.1 Å². The molecule has 21 heavy (non-hydrogen) atoms. The molecule has 1 amide bonds. The number of sulfonamides is 1. The first-order valence-electron chi connectivity index (χ1n) is 6.03. The number of halogens is 2. The van der Waals surface area contributed by atoms with Crippen molar-refractivity contribution in [3.8, 4) is 5.75 Å². The van der Waals surface area contributed by atoms with Crippen LogP contribution in [0.5, 0.6) is 5.75 Å². The Morgan fingerprint density at radius 3 is 2.48 bits per heavy atom. The molecule has 0 fully saturated rings. The normalized spacial score (nSPS) is 11.5. The van der Waals surface area contributed by atoms with Gasteiger partial charge in [0.05, 0.1) is 5.02 Å². The number of amides is 1. The van der Waals surface area contributed by atoms with Crippen molar-refractivity contribution >= 4 is 39.1 Å². The van der Waals surface area contributed by atoms with Crippen LogP contribution in [0.25, 0.3) is 0 Å². The molecule has 0 saturated heterocycles. The highest BCUT2D eigenvalue weighted by atomic mass is 35.5. The molecule has 1 aromatic carbocycles. The van der Waals surface area contributed by atoms with Gasteiger partial charge in [-0.1, -0.05) is 37.0 Å². The standard InChI is InChI=1S/C12H16Cl2N2O4S/c1-7(2)5-16-10(17)6-20-8-3-4-9(21(15,18)19)12(14)11(8)13/h3-4,7H,5-6H2,1-2H3,(H,16,17)(H2,15,18,19). The maximum Gasteiger partial charge on any atom is 0.257 e. The molecule has 0 bridgehead atoms. The topological polar surface area (TPSA) is 98.5 Å². The number of nitrogens with one attached hydrogen (secondary N) is 1. The Bertz CT molecular complexity index is 632. The minimum atomic E-state index is -3.97. The lowest BCUT2D eigenvalue weighted by Crippen LogP contribution is -2.31. The van der Waals surface area contributed by atoms with Crippen molar-refractivity contribution in [1.82, 2.24) is 5.32 Å². The minimum Gasteiger partial charge on any atom is -0.482 e. The summed E-state index contributed by atoms with van der Waals surface area (Å²) in [6, 6.07) is 2.47. The smallest absolute Gasteiger partial charge is 0.257 e. The Morgan fingerprint density at radius 1 is 1.33 bits per heavy atom. The Balaban J connectivity index is 2.78. The van der Waals surface area contributed by atoms with Crippen molar-refractivity contribution in [2.45, 2.75) is 18.7 Å². The predicted octanol–water partition coefficient (Wildman–Crippen LogP) is 1.79. The zero-order chi connectivity index (χ0) is 16.2. The van der Waals surface area contributed by atoms with Gasteiger partial charge in [0.2, 0.25) is 10.0 Å². The van der Waals surface area contributed by atoms with Crippen molar-refractivity contribution in [3.63, 3.8) is 0 Å². The first kappa shape index (κ1) is 18.0. The number of ether oxygens (including phenoxy) is 1. The highest BCUT2D eigenvalue weighted by Crippen LogP contribution is 2.36. The summed E-state index contributed by atoms with van der Waals surface area (Å²) in [5.74, 6) is 0.112. The number of rotatable bonds is 6. The Kier molecular flexibility index (Phi) is 6.27. The van der Waals surface area contributed by atoms with Crippen molar-refractivity contribution in [3.05, 3.63) is 22.2 Å². The number of hydrogen-bond donors (Lipinski definition) is 2. The fraction of sp³-hybridized carbons (Fsp3) is 0.417. The van der Waals surface area contributed by atoms with Gasteiger partial charge in [0.15, 0.2) is 6.61 Å². The summed E-state index contributed by atoms with van der Waals surface area (Å²) in [6.07, 6.45) is 0. The number of hydrogen-bond acceptors (Lipinski definition) is 4. The third kappa shape index (κ3) is 5.35. The lowest BCUT2D eigenvalue weighted by atomic mass is 10.2. The highest BCUT2D eigenvalue weighted by Gasteiger charge is 2.19. The van der Waals surface area contributed by atoms with Crippen molar-refractivity contribution < 1.29 is 17.9 Å². The molecule has 0 heterocycles. The molecule has 3 N–H and O–H groups in total. The van der Waals surface area contributed by atoms with Crippen LogP contribution in [0.2, 0.25) is 10.0 Å². The SMILES string of the molecule is CC(C)CNC(=O)COc1ccc(S(N)(=O)=O)c(Cl)c1Cl. The minimum absolute atomic E-state index is 0.105. The van der Waals surface area contributed by atoms with Crippen LogP contribution in [0.1, 0.15) is 13.8 Å². The molecule has 0 aliphatic rings. The van der Waals surface area contributed by atoms with E-state index in [1.165, 1.54) is 12.1 Å². The van der Waals surface area contributed by atoms with E-state index in [1.807, 2.05) is 13.8 Å².